The van der Waals surface area contributed by atoms with Crippen LogP contribution in [-0.2, 0) is 6.54 Å². The van der Waals surface area contributed by atoms with Crippen LogP contribution < -0.4 is 15.2 Å². The molecular formula is C20H25ClF2N2O2. The lowest BCUT2D eigenvalue weighted by atomic mass is 9.89. The Morgan fingerprint density at radius 1 is 1.15 bits per heavy atom. The maximum atomic E-state index is 12.8. The van der Waals surface area contributed by atoms with Gasteiger partial charge in [-0.1, -0.05) is 36.4 Å². The molecule has 0 bridgehead atoms. The summed E-state index contributed by atoms with van der Waals surface area (Å²) in [4.78, 5) is 2.25. The minimum atomic E-state index is -2.87. The third kappa shape index (κ3) is 5.31. The fourth-order valence-electron chi connectivity index (χ4n) is 3.65. The smallest absolute Gasteiger partial charge is 0.387 e. The summed E-state index contributed by atoms with van der Waals surface area (Å²) in [6.07, 6.45) is 0. The lowest BCUT2D eigenvalue weighted by molar-refractivity contribution is -0.0508. The Hall–Kier alpha value is -1.89. The van der Waals surface area contributed by atoms with Gasteiger partial charge in [0.15, 0.2) is 0 Å². The van der Waals surface area contributed by atoms with Crippen molar-refractivity contribution in [3.8, 4) is 11.5 Å². The summed E-state index contributed by atoms with van der Waals surface area (Å²) < 4.78 is 35.3. The minimum absolute atomic E-state index is 0. The molecule has 27 heavy (non-hydrogen) atoms. The molecule has 0 radical (unpaired) electrons. The van der Waals surface area contributed by atoms with Crippen LogP contribution in [0.5, 0.6) is 11.5 Å². The van der Waals surface area contributed by atoms with Crippen LogP contribution in [0.4, 0.5) is 8.78 Å². The highest BCUT2D eigenvalue weighted by Gasteiger charge is 2.33. The van der Waals surface area contributed by atoms with E-state index in [9.17, 15) is 8.78 Å². The highest BCUT2D eigenvalue weighted by Crippen LogP contribution is 2.34. The van der Waals surface area contributed by atoms with Crippen LogP contribution in [0.2, 0.25) is 0 Å². The molecule has 1 saturated heterocycles. The van der Waals surface area contributed by atoms with E-state index in [0.717, 1.165) is 18.7 Å². The van der Waals surface area contributed by atoms with Crippen LogP contribution >= 0.6 is 12.4 Å². The van der Waals surface area contributed by atoms with E-state index < -0.39 is 6.61 Å². The Morgan fingerprint density at radius 3 is 2.52 bits per heavy atom. The van der Waals surface area contributed by atoms with E-state index in [1.54, 1.807) is 12.1 Å². The van der Waals surface area contributed by atoms with Crippen molar-refractivity contribution in [2.24, 2.45) is 11.7 Å². The molecule has 1 fully saturated rings. The Labute approximate surface area is 164 Å². The van der Waals surface area contributed by atoms with Gasteiger partial charge in [0.05, 0.1) is 7.11 Å². The average Bonchev–Trinajstić information content (AvgIpc) is 3.06. The molecule has 7 heteroatoms. The molecule has 2 N–H and O–H groups in total. The van der Waals surface area contributed by atoms with Crippen molar-refractivity contribution < 1.29 is 18.3 Å². The zero-order valence-corrected chi connectivity index (χ0v) is 16.0. The molecule has 4 nitrogen and oxygen atoms in total. The summed E-state index contributed by atoms with van der Waals surface area (Å²) in [6.45, 7) is -0.0685. The largest absolute Gasteiger partial charge is 0.497 e. The molecule has 0 unspecified atom stereocenters. The highest BCUT2D eigenvalue weighted by molar-refractivity contribution is 5.85. The van der Waals surface area contributed by atoms with Crippen molar-refractivity contribution in [3.05, 3.63) is 59.7 Å². The topological polar surface area (TPSA) is 47.7 Å². The van der Waals surface area contributed by atoms with E-state index in [0.29, 0.717) is 30.7 Å². The molecular weight excluding hydrogens is 374 g/mol. The zero-order chi connectivity index (χ0) is 18.5. The number of alkyl halides is 2. The number of ether oxygens (including phenoxy) is 2. The Kier molecular flexibility index (Phi) is 7.83. The summed E-state index contributed by atoms with van der Waals surface area (Å²) >= 11 is 0. The van der Waals surface area contributed by atoms with Gasteiger partial charge in [0, 0.05) is 37.2 Å². The van der Waals surface area contributed by atoms with E-state index in [4.69, 9.17) is 15.2 Å². The van der Waals surface area contributed by atoms with Gasteiger partial charge >= 0.3 is 6.61 Å². The first-order chi connectivity index (χ1) is 12.6. The SMILES string of the molecule is COc1ccc(CN2C[C@@H](CN)[C@H](c3ccccc3)C2)c(OC(F)F)c1.Cl. The second kappa shape index (κ2) is 9.88. The summed E-state index contributed by atoms with van der Waals surface area (Å²) in [5.74, 6) is 1.34. The molecule has 0 amide bonds. The minimum Gasteiger partial charge on any atom is -0.497 e. The molecule has 0 aliphatic carbocycles. The molecule has 1 aliphatic heterocycles. The average molecular weight is 399 g/mol. The third-order valence-corrected chi connectivity index (χ3v) is 4.93. The van der Waals surface area contributed by atoms with Gasteiger partial charge in [-0.05, 0) is 24.1 Å². The number of nitrogens with zero attached hydrogens (tertiary/aromatic N) is 1. The van der Waals surface area contributed by atoms with E-state index >= 15 is 0 Å². The Morgan fingerprint density at radius 2 is 1.89 bits per heavy atom. The van der Waals surface area contributed by atoms with Gasteiger partial charge in [0.1, 0.15) is 11.5 Å². The van der Waals surface area contributed by atoms with E-state index in [-0.39, 0.29) is 18.2 Å². The van der Waals surface area contributed by atoms with Crippen molar-refractivity contribution in [3.63, 3.8) is 0 Å². The second-order valence-corrected chi connectivity index (χ2v) is 6.56. The molecule has 2 aromatic carbocycles. The van der Waals surface area contributed by atoms with Crippen molar-refractivity contribution in [2.75, 3.05) is 26.7 Å². The van der Waals surface area contributed by atoms with Gasteiger partial charge in [0.25, 0.3) is 0 Å². The van der Waals surface area contributed by atoms with E-state index in [1.807, 2.05) is 18.2 Å². The molecule has 1 aliphatic rings. The number of hydrogen-bond donors (Lipinski definition) is 1. The molecule has 148 valence electrons. The van der Waals surface area contributed by atoms with Gasteiger partial charge in [-0.2, -0.15) is 8.78 Å². The number of rotatable bonds is 7. The highest BCUT2D eigenvalue weighted by atomic mass is 35.5. The molecule has 0 saturated carbocycles. The lowest BCUT2D eigenvalue weighted by Gasteiger charge is -2.19. The van der Waals surface area contributed by atoms with Crippen molar-refractivity contribution in [2.45, 2.75) is 19.1 Å². The van der Waals surface area contributed by atoms with E-state index in [1.165, 1.54) is 18.7 Å². The molecule has 2 atom stereocenters. The fraction of sp³-hybridized carbons (Fsp3) is 0.400. The Balaban J connectivity index is 0.00000261. The fourth-order valence-corrected chi connectivity index (χ4v) is 3.65. The zero-order valence-electron chi connectivity index (χ0n) is 15.2. The molecule has 2 aromatic rings. The van der Waals surface area contributed by atoms with Gasteiger partial charge in [0.2, 0.25) is 0 Å². The quantitative estimate of drug-likeness (QED) is 0.768. The standard InChI is InChI=1S/C20H24F2N2O2.ClH/c1-25-17-8-7-15(19(9-17)26-20(21)22)11-24-12-16(10-23)18(13-24)14-5-3-2-4-6-14;/h2-9,16,18,20H,10-13,23H2,1H3;1H/t16-,18+;/m1./s1. The van der Waals surface area contributed by atoms with Gasteiger partial charge in [-0.3, -0.25) is 4.90 Å². The summed E-state index contributed by atoms with van der Waals surface area (Å²) in [5, 5.41) is 0. The number of methoxy groups -OCH3 is 1. The summed E-state index contributed by atoms with van der Waals surface area (Å²) in [6, 6.07) is 15.4. The van der Waals surface area contributed by atoms with Crippen molar-refractivity contribution >= 4 is 12.4 Å². The first-order valence-electron chi connectivity index (χ1n) is 8.69. The third-order valence-electron chi connectivity index (χ3n) is 4.93. The normalized spacial score (nSPS) is 19.7. The van der Waals surface area contributed by atoms with Crippen LogP contribution in [0.3, 0.4) is 0 Å². The monoisotopic (exact) mass is 398 g/mol. The molecule has 0 spiro atoms. The predicted molar refractivity (Wildman–Crippen MR) is 104 cm³/mol. The number of hydrogen-bond acceptors (Lipinski definition) is 4. The van der Waals surface area contributed by atoms with E-state index in [2.05, 4.69) is 17.0 Å². The second-order valence-electron chi connectivity index (χ2n) is 6.56. The van der Waals surface area contributed by atoms with Crippen LogP contribution in [0.25, 0.3) is 0 Å². The number of benzene rings is 2. The van der Waals surface area contributed by atoms with Gasteiger partial charge in [-0.25, -0.2) is 0 Å². The predicted octanol–water partition coefficient (Wildman–Crippen LogP) is 3.89. The lowest BCUT2D eigenvalue weighted by Crippen LogP contribution is -2.23. The van der Waals surface area contributed by atoms with Gasteiger partial charge < -0.3 is 15.2 Å². The summed E-state index contributed by atoms with van der Waals surface area (Å²) in [5.41, 5.74) is 7.97. The molecule has 1 heterocycles. The number of halogens is 3. The van der Waals surface area contributed by atoms with Crippen molar-refractivity contribution in [1.82, 2.24) is 4.90 Å². The maximum Gasteiger partial charge on any atom is 0.387 e. The van der Waals surface area contributed by atoms with Crippen LogP contribution in [0.1, 0.15) is 17.0 Å². The van der Waals surface area contributed by atoms with Crippen molar-refractivity contribution in [1.29, 1.82) is 0 Å². The maximum absolute atomic E-state index is 12.8. The summed E-state index contributed by atoms with van der Waals surface area (Å²) in [7, 11) is 1.50. The first-order valence-corrected chi connectivity index (χ1v) is 8.69. The van der Waals surface area contributed by atoms with Crippen LogP contribution in [0.15, 0.2) is 48.5 Å². The van der Waals surface area contributed by atoms with Gasteiger partial charge in [-0.15, -0.1) is 12.4 Å². The van der Waals surface area contributed by atoms with Crippen LogP contribution in [-0.4, -0.2) is 38.3 Å². The first kappa shape index (κ1) is 21.4. The Bertz CT molecular complexity index is 718. The van der Waals surface area contributed by atoms with Crippen LogP contribution in [0, 0.1) is 5.92 Å². The number of nitrogens with two attached hydrogens (primary N) is 1. The number of likely N-dealkylation sites (tertiary alicyclic amines) is 1. The molecule has 3 rings (SSSR count). The molecule has 0 aromatic heterocycles.